The van der Waals surface area contributed by atoms with Crippen LogP contribution in [0.2, 0.25) is 5.02 Å². The number of hydrogen-bond donors (Lipinski definition) is 1. The highest BCUT2D eigenvalue weighted by Gasteiger charge is 2.21. The topological polar surface area (TPSA) is 77.6 Å². The van der Waals surface area contributed by atoms with Gasteiger partial charge in [-0.3, -0.25) is 14.2 Å². The van der Waals surface area contributed by atoms with Crippen LogP contribution in [0.25, 0.3) is 22.2 Å². The number of carbonyl (C=O) groups is 1. The van der Waals surface area contributed by atoms with E-state index in [9.17, 15) is 4.79 Å². The Balaban J connectivity index is 1.53. The fourth-order valence-electron chi connectivity index (χ4n) is 4.61. The SMILES string of the molecule is Cc1nn(Cc2ccc(Cl)cc2)c(C)c1NC(=O)c1cc(-c2c(C)nn(C)c2C)nc2ccccc12. The molecule has 5 rings (SSSR count). The lowest BCUT2D eigenvalue weighted by Crippen LogP contribution is -2.14. The standard InChI is InChI=1S/C28H27ClN6O/c1-16-26(18(3)34(5)32-16)25-14-23(22-8-6-7-9-24(22)30-25)28(36)31-27-17(2)33-35(19(27)4)15-20-10-12-21(29)13-11-20/h6-14H,15H2,1-5H3,(H,31,36). The van der Waals surface area contributed by atoms with Gasteiger partial charge in [-0.05, 0) is 57.5 Å². The van der Waals surface area contributed by atoms with E-state index in [2.05, 4.69) is 15.5 Å². The van der Waals surface area contributed by atoms with E-state index in [1.165, 1.54) is 0 Å². The van der Waals surface area contributed by atoms with E-state index in [1.54, 1.807) is 0 Å². The lowest BCUT2D eigenvalue weighted by atomic mass is 10.0. The number of pyridine rings is 1. The monoisotopic (exact) mass is 498 g/mol. The Labute approximate surface area is 214 Å². The molecule has 0 saturated carbocycles. The third-order valence-electron chi connectivity index (χ3n) is 6.59. The number of amides is 1. The van der Waals surface area contributed by atoms with Crippen LogP contribution < -0.4 is 5.32 Å². The fraction of sp³-hybridized carbons (Fsp3) is 0.214. The second-order valence-corrected chi connectivity index (χ2v) is 9.46. The zero-order valence-electron chi connectivity index (χ0n) is 20.9. The number of nitrogens with one attached hydrogen (secondary N) is 1. The van der Waals surface area contributed by atoms with Crippen molar-refractivity contribution in [1.82, 2.24) is 24.5 Å². The lowest BCUT2D eigenvalue weighted by Gasteiger charge is -2.12. The van der Waals surface area contributed by atoms with Gasteiger partial charge in [-0.2, -0.15) is 10.2 Å². The Hall–Kier alpha value is -3.97. The van der Waals surface area contributed by atoms with Crippen molar-refractivity contribution in [2.45, 2.75) is 34.2 Å². The minimum atomic E-state index is -0.203. The average Bonchev–Trinajstić information content (AvgIpc) is 3.27. The molecule has 0 spiro atoms. The van der Waals surface area contributed by atoms with Crippen LogP contribution >= 0.6 is 11.6 Å². The quantitative estimate of drug-likeness (QED) is 0.321. The van der Waals surface area contributed by atoms with Gasteiger partial charge < -0.3 is 5.32 Å². The van der Waals surface area contributed by atoms with E-state index < -0.39 is 0 Å². The predicted octanol–water partition coefficient (Wildman–Crippen LogP) is 6.02. The van der Waals surface area contributed by atoms with Crippen molar-refractivity contribution in [3.63, 3.8) is 0 Å². The molecule has 7 nitrogen and oxygen atoms in total. The Morgan fingerprint density at radius 2 is 1.67 bits per heavy atom. The molecule has 0 saturated heterocycles. The first kappa shape index (κ1) is 23.8. The molecule has 0 aliphatic heterocycles. The number of aryl methyl sites for hydroxylation is 3. The van der Waals surface area contributed by atoms with Gasteiger partial charge in [-0.15, -0.1) is 0 Å². The maximum Gasteiger partial charge on any atom is 0.256 e. The summed E-state index contributed by atoms with van der Waals surface area (Å²) >= 11 is 6.02. The summed E-state index contributed by atoms with van der Waals surface area (Å²) in [5.41, 5.74) is 8.29. The number of anilines is 1. The highest BCUT2D eigenvalue weighted by molar-refractivity contribution is 6.30. The maximum atomic E-state index is 13.7. The molecule has 1 amide bonds. The van der Waals surface area contributed by atoms with E-state index in [0.29, 0.717) is 22.8 Å². The van der Waals surface area contributed by atoms with Gasteiger partial charge in [0, 0.05) is 28.7 Å². The summed E-state index contributed by atoms with van der Waals surface area (Å²) in [5, 5.41) is 13.8. The first-order chi connectivity index (χ1) is 17.2. The van der Waals surface area contributed by atoms with E-state index in [1.807, 2.05) is 98.7 Å². The minimum Gasteiger partial charge on any atom is -0.319 e. The third-order valence-corrected chi connectivity index (χ3v) is 6.84. The molecule has 5 aromatic rings. The largest absolute Gasteiger partial charge is 0.319 e. The molecule has 182 valence electrons. The van der Waals surface area contributed by atoms with Gasteiger partial charge in [0.1, 0.15) is 0 Å². The van der Waals surface area contributed by atoms with Gasteiger partial charge in [-0.25, -0.2) is 4.98 Å². The average molecular weight is 499 g/mol. The summed E-state index contributed by atoms with van der Waals surface area (Å²) in [6, 6.07) is 17.2. The summed E-state index contributed by atoms with van der Waals surface area (Å²) in [5.74, 6) is -0.203. The van der Waals surface area contributed by atoms with Crippen LogP contribution in [0.1, 0.15) is 38.7 Å². The van der Waals surface area contributed by atoms with Gasteiger partial charge in [-0.1, -0.05) is 41.9 Å². The third kappa shape index (κ3) is 4.27. The molecule has 8 heteroatoms. The molecule has 36 heavy (non-hydrogen) atoms. The molecule has 0 atom stereocenters. The zero-order chi connectivity index (χ0) is 25.6. The van der Waals surface area contributed by atoms with Crippen molar-refractivity contribution >= 4 is 34.1 Å². The second kappa shape index (κ2) is 9.24. The van der Waals surface area contributed by atoms with Crippen molar-refractivity contribution in [1.29, 1.82) is 0 Å². The summed E-state index contributed by atoms with van der Waals surface area (Å²) in [6.45, 7) is 8.42. The first-order valence-corrected chi connectivity index (χ1v) is 12.1. The van der Waals surface area contributed by atoms with Crippen LogP contribution in [0.4, 0.5) is 5.69 Å². The molecule has 0 aliphatic carbocycles. The van der Waals surface area contributed by atoms with Crippen LogP contribution in [0, 0.1) is 27.7 Å². The molecular formula is C28H27ClN6O. The minimum absolute atomic E-state index is 0.203. The van der Waals surface area contributed by atoms with Crippen molar-refractivity contribution in [3.05, 3.63) is 93.5 Å². The number of nitrogens with zero attached hydrogens (tertiary/aromatic N) is 5. The second-order valence-electron chi connectivity index (χ2n) is 9.03. The molecule has 1 N–H and O–H groups in total. The molecular weight excluding hydrogens is 472 g/mol. The van der Waals surface area contributed by atoms with Crippen molar-refractivity contribution in [3.8, 4) is 11.3 Å². The van der Waals surface area contributed by atoms with Crippen molar-refractivity contribution in [2.24, 2.45) is 7.05 Å². The fourth-order valence-corrected chi connectivity index (χ4v) is 4.74. The molecule has 0 unspecified atom stereocenters. The molecule has 0 bridgehead atoms. The van der Waals surface area contributed by atoms with Crippen LogP contribution in [0.3, 0.4) is 0 Å². The Kier molecular flexibility index (Phi) is 6.10. The lowest BCUT2D eigenvalue weighted by molar-refractivity contribution is 0.102. The van der Waals surface area contributed by atoms with Gasteiger partial charge in [0.15, 0.2) is 0 Å². The Morgan fingerprint density at radius 1 is 0.944 bits per heavy atom. The van der Waals surface area contributed by atoms with Crippen molar-refractivity contribution < 1.29 is 4.79 Å². The summed E-state index contributed by atoms with van der Waals surface area (Å²) in [4.78, 5) is 18.5. The van der Waals surface area contributed by atoms with Crippen LogP contribution in [0.15, 0.2) is 54.6 Å². The molecule has 0 radical (unpaired) electrons. The molecule has 2 aromatic carbocycles. The summed E-state index contributed by atoms with van der Waals surface area (Å²) < 4.78 is 3.73. The van der Waals surface area contributed by atoms with Gasteiger partial charge in [0.2, 0.25) is 0 Å². The number of rotatable bonds is 5. The number of carbonyl (C=O) groups excluding carboxylic acids is 1. The summed E-state index contributed by atoms with van der Waals surface area (Å²) in [6.07, 6.45) is 0. The zero-order valence-corrected chi connectivity index (χ0v) is 21.7. The van der Waals surface area contributed by atoms with Crippen LogP contribution in [0.5, 0.6) is 0 Å². The molecule has 0 aliphatic rings. The predicted molar refractivity (Wildman–Crippen MR) is 144 cm³/mol. The van der Waals surface area contributed by atoms with Crippen molar-refractivity contribution in [2.75, 3.05) is 5.32 Å². The smallest absolute Gasteiger partial charge is 0.256 e. The van der Waals surface area contributed by atoms with E-state index >= 15 is 0 Å². The van der Waals surface area contributed by atoms with Gasteiger partial charge in [0.05, 0.1) is 46.1 Å². The number of benzene rings is 2. The maximum absolute atomic E-state index is 13.7. The molecule has 3 aromatic heterocycles. The number of hydrogen-bond acceptors (Lipinski definition) is 4. The highest BCUT2D eigenvalue weighted by atomic mass is 35.5. The normalized spacial score (nSPS) is 11.3. The van der Waals surface area contributed by atoms with Crippen LogP contribution in [-0.4, -0.2) is 30.5 Å². The molecule has 0 fully saturated rings. The Morgan fingerprint density at radius 3 is 2.36 bits per heavy atom. The Bertz CT molecular complexity index is 1610. The van der Waals surface area contributed by atoms with E-state index in [-0.39, 0.29) is 5.91 Å². The van der Waals surface area contributed by atoms with E-state index in [4.69, 9.17) is 16.6 Å². The highest BCUT2D eigenvalue weighted by Crippen LogP contribution is 2.30. The number of halogens is 1. The summed E-state index contributed by atoms with van der Waals surface area (Å²) in [7, 11) is 1.91. The van der Waals surface area contributed by atoms with E-state index in [0.717, 1.165) is 50.5 Å². The van der Waals surface area contributed by atoms with Gasteiger partial charge >= 0.3 is 0 Å². The van der Waals surface area contributed by atoms with Crippen LogP contribution in [-0.2, 0) is 13.6 Å². The number of aromatic nitrogens is 5. The number of fused-ring (bicyclic) bond motifs is 1. The first-order valence-electron chi connectivity index (χ1n) is 11.7. The number of para-hydroxylation sites is 1. The molecule has 3 heterocycles. The van der Waals surface area contributed by atoms with Gasteiger partial charge in [0.25, 0.3) is 5.91 Å².